The van der Waals surface area contributed by atoms with Gasteiger partial charge in [-0.3, -0.25) is 0 Å². The smallest absolute Gasteiger partial charge is 0.137 e. The molecule has 0 radical (unpaired) electrons. The summed E-state index contributed by atoms with van der Waals surface area (Å²) in [5.41, 5.74) is 6.89. The van der Waals surface area contributed by atoms with E-state index in [1.54, 1.807) is 12.7 Å². The van der Waals surface area contributed by atoms with Crippen LogP contribution < -0.4 is 5.32 Å². The van der Waals surface area contributed by atoms with Crippen LogP contribution in [-0.4, -0.2) is 14.8 Å². The Bertz CT molecular complexity index is 823. The maximum atomic E-state index is 4.17. The highest BCUT2D eigenvalue weighted by molar-refractivity contribution is 5.37. The SMILES string of the molecule is Cc1ccc2c(c1)C(NCc1cccc(Cn3cncn3)c1)CC2. The largest absolute Gasteiger partial charge is 0.306 e. The first-order chi connectivity index (χ1) is 11.8. The Balaban J connectivity index is 1.43. The number of hydrogen-bond donors (Lipinski definition) is 1. The van der Waals surface area contributed by atoms with Crippen LogP contribution in [-0.2, 0) is 19.5 Å². The fourth-order valence-electron chi connectivity index (χ4n) is 3.51. The van der Waals surface area contributed by atoms with Crippen molar-refractivity contribution in [3.05, 3.63) is 82.9 Å². The Hall–Kier alpha value is -2.46. The molecule has 4 nitrogen and oxygen atoms in total. The molecule has 1 atom stereocenters. The third-order valence-electron chi connectivity index (χ3n) is 4.73. The van der Waals surface area contributed by atoms with Crippen molar-refractivity contribution in [1.29, 1.82) is 0 Å². The maximum Gasteiger partial charge on any atom is 0.137 e. The number of nitrogens with zero attached hydrogens (tertiary/aromatic N) is 3. The Morgan fingerprint density at radius 1 is 1.17 bits per heavy atom. The molecule has 0 bridgehead atoms. The molecule has 4 heteroatoms. The summed E-state index contributed by atoms with van der Waals surface area (Å²) in [6.45, 7) is 3.83. The van der Waals surface area contributed by atoms with Crippen molar-refractivity contribution in [3.8, 4) is 0 Å². The first-order valence-corrected chi connectivity index (χ1v) is 8.51. The summed E-state index contributed by atoms with van der Waals surface area (Å²) >= 11 is 0. The average Bonchev–Trinajstić information content (AvgIpc) is 3.23. The van der Waals surface area contributed by atoms with Crippen LogP contribution in [0.15, 0.2) is 55.1 Å². The van der Waals surface area contributed by atoms with E-state index in [0.29, 0.717) is 6.04 Å². The van der Waals surface area contributed by atoms with Crippen LogP contribution in [0.2, 0.25) is 0 Å². The minimum atomic E-state index is 0.471. The second-order valence-electron chi connectivity index (χ2n) is 6.59. The molecule has 0 spiro atoms. The van der Waals surface area contributed by atoms with Gasteiger partial charge in [-0.1, -0.05) is 48.0 Å². The van der Waals surface area contributed by atoms with Crippen molar-refractivity contribution in [3.63, 3.8) is 0 Å². The molecule has 4 rings (SSSR count). The maximum absolute atomic E-state index is 4.17. The zero-order valence-corrected chi connectivity index (χ0v) is 13.9. The molecule has 0 amide bonds. The lowest BCUT2D eigenvalue weighted by Crippen LogP contribution is -2.18. The van der Waals surface area contributed by atoms with Gasteiger partial charge in [0, 0.05) is 12.6 Å². The fraction of sp³-hybridized carbons (Fsp3) is 0.300. The van der Waals surface area contributed by atoms with Crippen molar-refractivity contribution in [1.82, 2.24) is 20.1 Å². The third-order valence-corrected chi connectivity index (χ3v) is 4.73. The van der Waals surface area contributed by atoms with E-state index in [-0.39, 0.29) is 0 Å². The Morgan fingerprint density at radius 2 is 2.08 bits per heavy atom. The number of fused-ring (bicyclic) bond motifs is 1. The van der Waals surface area contributed by atoms with E-state index < -0.39 is 0 Å². The quantitative estimate of drug-likeness (QED) is 0.784. The first kappa shape index (κ1) is 15.1. The van der Waals surface area contributed by atoms with E-state index >= 15 is 0 Å². The number of aryl methyl sites for hydroxylation is 2. The van der Waals surface area contributed by atoms with Crippen molar-refractivity contribution >= 4 is 0 Å². The Morgan fingerprint density at radius 3 is 2.96 bits per heavy atom. The zero-order valence-electron chi connectivity index (χ0n) is 13.9. The zero-order chi connectivity index (χ0) is 16.4. The molecule has 0 aliphatic heterocycles. The fourth-order valence-corrected chi connectivity index (χ4v) is 3.51. The van der Waals surface area contributed by atoms with Gasteiger partial charge in [0.15, 0.2) is 0 Å². The number of aromatic nitrogens is 3. The molecule has 0 fully saturated rings. The van der Waals surface area contributed by atoms with E-state index in [0.717, 1.165) is 13.1 Å². The minimum absolute atomic E-state index is 0.471. The standard InChI is InChI=1S/C20H22N4/c1-15-5-6-18-7-8-20(19(18)9-15)22-11-16-3-2-4-17(10-16)12-24-14-21-13-23-24/h2-6,9-10,13-14,20,22H,7-8,11-12H2,1H3. The van der Waals surface area contributed by atoms with Crippen LogP contribution in [0, 0.1) is 6.92 Å². The molecule has 122 valence electrons. The van der Waals surface area contributed by atoms with Gasteiger partial charge < -0.3 is 5.32 Å². The predicted octanol–water partition coefficient (Wildman–Crippen LogP) is 3.41. The van der Waals surface area contributed by atoms with Crippen molar-refractivity contribution in [2.45, 2.75) is 38.9 Å². The van der Waals surface area contributed by atoms with Crippen LogP contribution >= 0.6 is 0 Å². The second-order valence-corrected chi connectivity index (χ2v) is 6.59. The lowest BCUT2D eigenvalue weighted by atomic mass is 10.0. The molecule has 24 heavy (non-hydrogen) atoms. The molecule has 1 aromatic heterocycles. The van der Waals surface area contributed by atoms with E-state index in [1.165, 1.54) is 40.7 Å². The summed E-state index contributed by atoms with van der Waals surface area (Å²) in [6, 6.07) is 16.0. The minimum Gasteiger partial charge on any atom is -0.306 e. The van der Waals surface area contributed by atoms with Crippen LogP contribution in [0.3, 0.4) is 0 Å². The molecule has 1 heterocycles. The van der Waals surface area contributed by atoms with E-state index in [2.05, 4.69) is 64.8 Å². The van der Waals surface area contributed by atoms with Gasteiger partial charge in [0.25, 0.3) is 0 Å². The molecule has 3 aromatic rings. The highest BCUT2D eigenvalue weighted by Crippen LogP contribution is 2.31. The normalized spacial score (nSPS) is 16.3. The van der Waals surface area contributed by atoms with Gasteiger partial charge in [-0.2, -0.15) is 5.10 Å². The second kappa shape index (κ2) is 6.57. The van der Waals surface area contributed by atoms with Crippen molar-refractivity contribution in [2.24, 2.45) is 0 Å². The molecular weight excluding hydrogens is 296 g/mol. The van der Waals surface area contributed by atoms with E-state index in [1.807, 2.05) is 4.68 Å². The molecule has 0 saturated heterocycles. The molecule has 1 N–H and O–H groups in total. The lowest BCUT2D eigenvalue weighted by Gasteiger charge is -2.15. The molecular formula is C20H22N4. The first-order valence-electron chi connectivity index (χ1n) is 8.51. The summed E-state index contributed by atoms with van der Waals surface area (Å²) < 4.78 is 1.85. The molecule has 1 aliphatic rings. The monoisotopic (exact) mass is 318 g/mol. The van der Waals surface area contributed by atoms with Crippen LogP contribution in [0.25, 0.3) is 0 Å². The molecule has 0 saturated carbocycles. The van der Waals surface area contributed by atoms with Crippen molar-refractivity contribution in [2.75, 3.05) is 0 Å². The number of nitrogens with one attached hydrogen (secondary N) is 1. The van der Waals surface area contributed by atoms with Gasteiger partial charge in [-0.05, 0) is 42.0 Å². The van der Waals surface area contributed by atoms with Gasteiger partial charge in [-0.25, -0.2) is 9.67 Å². The van der Waals surface area contributed by atoms with Gasteiger partial charge in [-0.15, -0.1) is 0 Å². The summed E-state index contributed by atoms with van der Waals surface area (Å²) in [5, 5.41) is 7.91. The molecule has 1 aliphatic carbocycles. The summed E-state index contributed by atoms with van der Waals surface area (Å²) in [6.07, 6.45) is 5.70. The highest BCUT2D eigenvalue weighted by Gasteiger charge is 2.21. The number of benzene rings is 2. The molecule has 1 unspecified atom stereocenters. The van der Waals surface area contributed by atoms with Gasteiger partial charge in [0.1, 0.15) is 12.7 Å². The van der Waals surface area contributed by atoms with E-state index in [4.69, 9.17) is 0 Å². The van der Waals surface area contributed by atoms with Crippen LogP contribution in [0.1, 0.15) is 40.3 Å². The summed E-state index contributed by atoms with van der Waals surface area (Å²) in [4.78, 5) is 4.00. The van der Waals surface area contributed by atoms with Gasteiger partial charge >= 0.3 is 0 Å². The Labute approximate surface area is 142 Å². The van der Waals surface area contributed by atoms with E-state index in [9.17, 15) is 0 Å². The highest BCUT2D eigenvalue weighted by atomic mass is 15.3. The topological polar surface area (TPSA) is 42.7 Å². The summed E-state index contributed by atoms with van der Waals surface area (Å²) in [7, 11) is 0. The number of rotatable bonds is 5. The van der Waals surface area contributed by atoms with Crippen LogP contribution in [0.5, 0.6) is 0 Å². The lowest BCUT2D eigenvalue weighted by molar-refractivity contribution is 0.530. The van der Waals surface area contributed by atoms with Gasteiger partial charge in [0.05, 0.1) is 6.54 Å². The Kier molecular flexibility index (Phi) is 4.13. The van der Waals surface area contributed by atoms with Crippen molar-refractivity contribution < 1.29 is 0 Å². The summed E-state index contributed by atoms with van der Waals surface area (Å²) in [5.74, 6) is 0. The average molecular weight is 318 g/mol. The number of hydrogen-bond acceptors (Lipinski definition) is 3. The van der Waals surface area contributed by atoms with Crippen LogP contribution in [0.4, 0.5) is 0 Å². The molecule has 2 aromatic carbocycles. The predicted molar refractivity (Wildman–Crippen MR) is 94.6 cm³/mol. The third kappa shape index (κ3) is 3.24. The van der Waals surface area contributed by atoms with Gasteiger partial charge in [0.2, 0.25) is 0 Å².